The van der Waals surface area contributed by atoms with Crippen LogP contribution in [-0.4, -0.2) is 52.5 Å². The molecule has 8 nitrogen and oxygen atoms in total. The van der Waals surface area contributed by atoms with Gasteiger partial charge in [0.2, 0.25) is 11.8 Å². The van der Waals surface area contributed by atoms with Gasteiger partial charge in [-0.3, -0.25) is 14.4 Å². The Morgan fingerprint density at radius 2 is 1.77 bits per heavy atom. The molecule has 4 rings (SSSR count). The molecule has 1 saturated heterocycles. The summed E-state index contributed by atoms with van der Waals surface area (Å²) in [6, 6.07) is 14.9. The van der Waals surface area contributed by atoms with E-state index < -0.39 is 0 Å². The predicted octanol–water partition coefficient (Wildman–Crippen LogP) is 3.31. The van der Waals surface area contributed by atoms with Gasteiger partial charge in [0.05, 0.1) is 17.9 Å². The van der Waals surface area contributed by atoms with E-state index in [4.69, 9.17) is 5.10 Å². The molecule has 0 bridgehead atoms. The molecule has 35 heavy (non-hydrogen) atoms. The number of hydrogen-bond acceptors (Lipinski definition) is 4. The van der Waals surface area contributed by atoms with Crippen molar-refractivity contribution in [3.8, 4) is 5.69 Å². The van der Waals surface area contributed by atoms with Crippen molar-refractivity contribution in [2.75, 3.05) is 25.0 Å². The van der Waals surface area contributed by atoms with E-state index in [2.05, 4.69) is 5.32 Å². The van der Waals surface area contributed by atoms with E-state index in [-0.39, 0.29) is 24.3 Å². The van der Waals surface area contributed by atoms with Gasteiger partial charge in [-0.25, -0.2) is 4.68 Å². The Morgan fingerprint density at radius 3 is 2.43 bits per heavy atom. The van der Waals surface area contributed by atoms with Gasteiger partial charge in [-0.2, -0.15) is 5.10 Å². The Morgan fingerprint density at radius 1 is 1.06 bits per heavy atom. The number of carbonyl (C=O) groups is 3. The average molecular weight is 474 g/mol. The molecule has 1 aromatic heterocycles. The summed E-state index contributed by atoms with van der Waals surface area (Å²) in [5.41, 5.74) is 6.21. The van der Waals surface area contributed by atoms with Crippen LogP contribution in [0.5, 0.6) is 0 Å². The summed E-state index contributed by atoms with van der Waals surface area (Å²) < 4.78 is 1.92. The van der Waals surface area contributed by atoms with Crippen LogP contribution in [-0.2, 0) is 16.1 Å². The van der Waals surface area contributed by atoms with Crippen LogP contribution in [0.4, 0.5) is 5.69 Å². The lowest BCUT2D eigenvalue weighted by Crippen LogP contribution is -2.38. The molecule has 0 unspecified atom stereocenters. The van der Waals surface area contributed by atoms with Gasteiger partial charge in [-0.15, -0.1) is 0 Å². The fourth-order valence-corrected chi connectivity index (χ4v) is 4.37. The number of nitrogens with zero attached hydrogens (tertiary/aromatic N) is 4. The number of aromatic nitrogens is 2. The molecular weight excluding hydrogens is 442 g/mol. The molecule has 182 valence electrons. The van der Waals surface area contributed by atoms with Crippen LogP contribution in [0.25, 0.3) is 5.69 Å². The lowest BCUT2D eigenvalue weighted by atomic mass is 10.1. The van der Waals surface area contributed by atoms with Gasteiger partial charge in [-0.05, 0) is 63.1 Å². The number of rotatable bonds is 7. The lowest BCUT2D eigenvalue weighted by Gasteiger charge is -2.18. The molecule has 1 aliphatic rings. The minimum Gasteiger partial charge on any atom is -0.343 e. The minimum atomic E-state index is -0.328. The Balaban J connectivity index is 1.36. The van der Waals surface area contributed by atoms with Crippen molar-refractivity contribution < 1.29 is 14.4 Å². The first kappa shape index (κ1) is 24.2. The molecule has 2 aromatic carbocycles. The molecule has 0 spiro atoms. The van der Waals surface area contributed by atoms with Gasteiger partial charge in [0, 0.05) is 49.1 Å². The number of hydrogen-bond donors (Lipinski definition) is 1. The van der Waals surface area contributed by atoms with Crippen LogP contribution in [0.1, 0.15) is 45.7 Å². The number of carbonyl (C=O) groups excluding carboxylic acids is 3. The molecule has 0 radical (unpaired) electrons. The zero-order valence-electron chi connectivity index (χ0n) is 20.7. The second-order valence-corrected chi connectivity index (χ2v) is 8.98. The summed E-state index contributed by atoms with van der Waals surface area (Å²) in [6.07, 6.45) is 1.41. The van der Waals surface area contributed by atoms with Crippen molar-refractivity contribution in [2.24, 2.45) is 0 Å². The largest absolute Gasteiger partial charge is 0.343 e. The smallest absolute Gasteiger partial charge is 0.251 e. The van der Waals surface area contributed by atoms with Gasteiger partial charge < -0.3 is 15.1 Å². The van der Waals surface area contributed by atoms with Crippen LogP contribution < -0.4 is 10.2 Å². The predicted molar refractivity (Wildman–Crippen MR) is 135 cm³/mol. The highest BCUT2D eigenvalue weighted by Gasteiger charge is 2.22. The van der Waals surface area contributed by atoms with Crippen molar-refractivity contribution in [3.05, 3.63) is 76.6 Å². The number of nitrogens with one attached hydrogen (secondary N) is 1. The summed E-state index contributed by atoms with van der Waals surface area (Å²) >= 11 is 0. The SMILES string of the molecule is Cc1ccccc1-n1nc(C)c(CN(C)C(=O)CNC(=O)c2ccc(N3CCCC3=O)cc2)c1C. The van der Waals surface area contributed by atoms with Crippen molar-refractivity contribution in [1.29, 1.82) is 0 Å². The average Bonchev–Trinajstić information content (AvgIpc) is 3.40. The van der Waals surface area contributed by atoms with Crippen LogP contribution in [0, 0.1) is 20.8 Å². The minimum absolute atomic E-state index is 0.103. The number of benzene rings is 2. The van der Waals surface area contributed by atoms with Crippen LogP contribution in [0.3, 0.4) is 0 Å². The van der Waals surface area contributed by atoms with E-state index in [0.717, 1.165) is 40.3 Å². The van der Waals surface area contributed by atoms with Crippen LogP contribution >= 0.6 is 0 Å². The molecule has 0 saturated carbocycles. The monoisotopic (exact) mass is 473 g/mol. The second-order valence-electron chi connectivity index (χ2n) is 8.98. The van der Waals surface area contributed by atoms with E-state index in [1.54, 1.807) is 41.1 Å². The summed E-state index contributed by atoms with van der Waals surface area (Å²) in [5.74, 6) is -0.420. The molecule has 2 heterocycles. The third-order valence-corrected chi connectivity index (χ3v) is 6.52. The quantitative estimate of drug-likeness (QED) is 0.570. The summed E-state index contributed by atoms with van der Waals surface area (Å²) in [4.78, 5) is 40.5. The first-order valence-electron chi connectivity index (χ1n) is 11.8. The number of likely N-dealkylation sites (N-methyl/N-ethyl adjacent to an activating group) is 1. The molecular formula is C27H31N5O3. The van der Waals surface area contributed by atoms with Gasteiger partial charge in [0.25, 0.3) is 5.91 Å². The molecule has 0 atom stereocenters. The van der Waals surface area contributed by atoms with E-state index in [0.29, 0.717) is 25.1 Å². The van der Waals surface area contributed by atoms with Crippen LogP contribution in [0.15, 0.2) is 48.5 Å². The van der Waals surface area contributed by atoms with Gasteiger partial charge in [-0.1, -0.05) is 18.2 Å². The first-order chi connectivity index (χ1) is 16.8. The topological polar surface area (TPSA) is 87.5 Å². The molecule has 1 N–H and O–H groups in total. The van der Waals surface area contributed by atoms with E-state index in [1.807, 2.05) is 49.7 Å². The summed E-state index contributed by atoms with van der Waals surface area (Å²) in [7, 11) is 1.72. The standard InChI is InChI=1S/C27H31N5O3/c1-18-8-5-6-9-24(18)32-20(3)23(19(2)29-32)17-30(4)26(34)16-28-27(35)21-11-13-22(14-12-21)31-15-7-10-25(31)33/h5-6,8-9,11-14H,7,10,15-17H2,1-4H3,(H,28,35). The number of aryl methyl sites for hydroxylation is 2. The van der Waals surface area contributed by atoms with E-state index in [9.17, 15) is 14.4 Å². The van der Waals surface area contributed by atoms with Gasteiger partial charge in [0.15, 0.2) is 0 Å². The third-order valence-electron chi connectivity index (χ3n) is 6.52. The zero-order chi connectivity index (χ0) is 25.1. The van der Waals surface area contributed by atoms with Crippen molar-refractivity contribution in [2.45, 2.75) is 40.2 Å². The van der Waals surface area contributed by atoms with E-state index >= 15 is 0 Å². The molecule has 0 aliphatic carbocycles. The molecule has 1 fully saturated rings. The molecule has 1 aliphatic heterocycles. The fraction of sp³-hybridized carbons (Fsp3) is 0.333. The number of amides is 3. The number of anilines is 1. The maximum Gasteiger partial charge on any atom is 0.251 e. The zero-order valence-corrected chi connectivity index (χ0v) is 20.7. The first-order valence-corrected chi connectivity index (χ1v) is 11.8. The third kappa shape index (κ3) is 5.11. The molecule has 3 amide bonds. The fourth-order valence-electron chi connectivity index (χ4n) is 4.37. The Labute approximate surface area is 205 Å². The van der Waals surface area contributed by atoms with Crippen molar-refractivity contribution in [3.63, 3.8) is 0 Å². The summed E-state index contributed by atoms with van der Waals surface area (Å²) in [5, 5.41) is 7.39. The number of para-hydroxylation sites is 1. The maximum atomic E-state index is 12.7. The highest BCUT2D eigenvalue weighted by atomic mass is 16.2. The Bertz CT molecular complexity index is 1260. The van der Waals surface area contributed by atoms with Crippen molar-refractivity contribution >= 4 is 23.4 Å². The second kappa shape index (κ2) is 10.1. The van der Waals surface area contributed by atoms with E-state index in [1.165, 1.54) is 0 Å². The maximum absolute atomic E-state index is 12.7. The Kier molecular flexibility index (Phi) is 7.00. The van der Waals surface area contributed by atoms with Crippen molar-refractivity contribution in [1.82, 2.24) is 20.0 Å². The highest BCUT2D eigenvalue weighted by molar-refractivity contribution is 5.98. The Hall–Kier alpha value is -3.94. The summed E-state index contributed by atoms with van der Waals surface area (Å²) in [6.45, 7) is 6.98. The van der Waals surface area contributed by atoms with Gasteiger partial charge >= 0.3 is 0 Å². The normalized spacial score (nSPS) is 13.3. The molecule has 3 aromatic rings. The molecule has 8 heteroatoms. The lowest BCUT2D eigenvalue weighted by molar-refractivity contribution is -0.129. The van der Waals surface area contributed by atoms with Crippen LogP contribution in [0.2, 0.25) is 0 Å². The highest BCUT2D eigenvalue weighted by Crippen LogP contribution is 2.22. The van der Waals surface area contributed by atoms with Gasteiger partial charge in [0.1, 0.15) is 0 Å².